The molecule has 4 heteroatoms. The quantitative estimate of drug-likeness (QED) is 0.908. The SMILES string of the molecule is CC1CCCC(CN)N1C(=O)C1CCOc2ccccc21. The number of rotatable bonds is 2. The third-order valence-corrected chi connectivity index (χ3v) is 4.81. The van der Waals surface area contributed by atoms with Crippen molar-refractivity contribution in [2.45, 2.75) is 50.6 Å². The number of fused-ring (bicyclic) bond motifs is 1. The summed E-state index contributed by atoms with van der Waals surface area (Å²) < 4.78 is 5.68. The van der Waals surface area contributed by atoms with E-state index in [-0.39, 0.29) is 23.9 Å². The largest absolute Gasteiger partial charge is 0.493 e. The van der Waals surface area contributed by atoms with Crippen LogP contribution in [0.1, 0.15) is 44.1 Å². The van der Waals surface area contributed by atoms with Crippen molar-refractivity contribution in [1.29, 1.82) is 0 Å². The molecule has 0 saturated carbocycles. The number of ether oxygens (including phenoxy) is 1. The smallest absolute Gasteiger partial charge is 0.230 e. The van der Waals surface area contributed by atoms with Crippen molar-refractivity contribution in [3.63, 3.8) is 0 Å². The Balaban J connectivity index is 1.88. The molecular formula is C17H24N2O2. The predicted octanol–water partition coefficient (Wildman–Crippen LogP) is 2.28. The van der Waals surface area contributed by atoms with Crippen molar-refractivity contribution in [2.75, 3.05) is 13.2 Å². The van der Waals surface area contributed by atoms with E-state index in [2.05, 4.69) is 11.8 Å². The van der Waals surface area contributed by atoms with Gasteiger partial charge in [-0.25, -0.2) is 0 Å². The zero-order valence-electron chi connectivity index (χ0n) is 12.6. The van der Waals surface area contributed by atoms with Crippen molar-refractivity contribution in [3.8, 4) is 5.75 Å². The number of benzene rings is 1. The number of piperidine rings is 1. The van der Waals surface area contributed by atoms with Gasteiger partial charge in [-0.3, -0.25) is 4.79 Å². The molecule has 2 N–H and O–H groups in total. The molecule has 3 rings (SSSR count). The van der Waals surface area contributed by atoms with Crippen LogP contribution in [-0.4, -0.2) is 36.0 Å². The van der Waals surface area contributed by atoms with Gasteiger partial charge in [-0.2, -0.15) is 0 Å². The fourth-order valence-corrected chi connectivity index (χ4v) is 3.69. The molecule has 21 heavy (non-hydrogen) atoms. The summed E-state index contributed by atoms with van der Waals surface area (Å²) in [4.78, 5) is 15.2. The van der Waals surface area contributed by atoms with Gasteiger partial charge >= 0.3 is 0 Å². The van der Waals surface area contributed by atoms with E-state index in [4.69, 9.17) is 10.5 Å². The highest BCUT2D eigenvalue weighted by molar-refractivity contribution is 5.85. The molecule has 114 valence electrons. The van der Waals surface area contributed by atoms with Gasteiger partial charge in [0.15, 0.2) is 0 Å². The molecule has 0 bridgehead atoms. The molecule has 0 spiro atoms. The number of nitrogens with two attached hydrogens (primary N) is 1. The molecule has 0 radical (unpaired) electrons. The standard InChI is InChI=1S/C17H24N2O2/c1-12-5-4-6-13(11-18)19(12)17(20)15-9-10-21-16-8-3-2-7-14(15)16/h2-3,7-8,12-13,15H,4-6,9-11,18H2,1H3. The molecule has 3 unspecified atom stereocenters. The molecular weight excluding hydrogens is 264 g/mol. The Morgan fingerprint density at radius 2 is 2.14 bits per heavy atom. The summed E-state index contributed by atoms with van der Waals surface area (Å²) in [5.41, 5.74) is 6.93. The van der Waals surface area contributed by atoms with Gasteiger partial charge in [-0.05, 0) is 38.7 Å². The first-order chi connectivity index (χ1) is 10.2. The molecule has 2 aliphatic heterocycles. The van der Waals surface area contributed by atoms with Crippen LogP contribution in [0, 0.1) is 0 Å². The van der Waals surface area contributed by atoms with Crippen molar-refractivity contribution in [2.24, 2.45) is 5.73 Å². The third kappa shape index (κ3) is 2.64. The van der Waals surface area contributed by atoms with Crippen LogP contribution in [0.2, 0.25) is 0 Å². The van der Waals surface area contributed by atoms with Crippen molar-refractivity contribution < 1.29 is 9.53 Å². The zero-order valence-corrected chi connectivity index (χ0v) is 12.6. The number of likely N-dealkylation sites (tertiary alicyclic amines) is 1. The highest BCUT2D eigenvalue weighted by Gasteiger charge is 2.37. The highest BCUT2D eigenvalue weighted by atomic mass is 16.5. The maximum absolute atomic E-state index is 13.1. The van der Waals surface area contributed by atoms with Crippen molar-refractivity contribution >= 4 is 5.91 Å². The highest BCUT2D eigenvalue weighted by Crippen LogP contribution is 2.36. The summed E-state index contributed by atoms with van der Waals surface area (Å²) in [5, 5.41) is 0. The van der Waals surface area contributed by atoms with Crippen LogP contribution in [-0.2, 0) is 4.79 Å². The molecule has 0 aromatic heterocycles. The molecule has 1 saturated heterocycles. The van der Waals surface area contributed by atoms with Crippen LogP contribution >= 0.6 is 0 Å². The molecule has 1 aromatic rings. The Morgan fingerprint density at radius 3 is 2.95 bits per heavy atom. The maximum Gasteiger partial charge on any atom is 0.230 e. The van der Waals surface area contributed by atoms with Crippen molar-refractivity contribution in [3.05, 3.63) is 29.8 Å². The number of hydrogen-bond acceptors (Lipinski definition) is 3. The van der Waals surface area contributed by atoms with E-state index in [9.17, 15) is 4.79 Å². The van der Waals surface area contributed by atoms with Crippen LogP contribution in [0.5, 0.6) is 5.75 Å². The molecule has 2 aliphatic rings. The molecule has 0 aliphatic carbocycles. The van der Waals surface area contributed by atoms with E-state index in [1.807, 2.05) is 24.3 Å². The Labute approximate surface area is 126 Å². The van der Waals surface area contributed by atoms with Crippen LogP contribution in [0.3, 0.4) is 0 Å². The number of carbonyl (C=O) groups is 1. The first-order valence-corrected chi connectivity index (χ1v) is 7.96. The molecule has 1 aromatic carbocycles. The minimum Gasteiger partial charge on any atom is -0.493 e. The average Bonchev–Trinajstić information content (AvgIpc) is 2.53. The lowest BCUT2D eigenvalue weighted by molar-refractivity contribution is -0.139. The second kappa shape index (κ2) is 6.06. The van der Waals surface area contributed by atoms with E-state index in [1.54, 1.807) is 0 Å². The predicted molar refractivity (Wildman–Crippen MR) is 82.3 cm³/mol. The third-order valence-electron chi connectivity index (χ3n) is 4.81. The van der Waals surface area contributed by atoms with Gasteiger partial charge in [-0.15, -0.1) is 0 Å². The molecule has 3 atom stereocenters. The molecule has 1 fully saturated rings. The lowest BCUT2D eigenvalue weighted by Gasteiger charge is -2.42. The number of nitrogens with zero attached hydrogens (tertiary/aromatic N) is 1. The van der Waals surface area contributed by atoms with E-state index >= 15 is 0 Å². The fraction of sp³-hybridized carbons (Fsp3) is 0.588. The van der Waals surface area contributed by atoms with Gasteiger partial charge in [0.2, 0.25) is 5.91 Å². The second-order valence-electron chi connectivity index (χ2n) is 6.14. The number of para-hydroxylation sites is 1. The number of carbonyl (C=O) groups excluding carboxylic acids is 1. The number of amides is 1. The van der Waals surface area contributed by atoms with E-state index in [1.165, 1.54) is 0 Å². The maximum atomic E-state index is 13.1. The Morgan fingerprint density at radius 1 is 1.33 bits per heavy atom. The Hall–Kier alpha value is -1.55. The molecule has 1 amide bonds. The van der Waals surface area contributed by atoms with Crippen LogP contribution in [0.4, 0.5) is 0 Å². The lowest BCUT2D eigenvalue weighted by Crippen LogP contribution is -2.53. The van der Waals surface area contributed by atoms with Gasteiger partial charge in [0.1, 0.15) is 5.75 Å². The minimum atomic E-state index is -0.0791. The second-order valence-corrected chi connectivity index (χ2v) is 6.14. The topological polar surface area (TPSA) is 55.6 Å². The zero-order chi connectivity index (χ0) is 14.8. The summed E-state index contributed by atoms with van der Waals surface area (Å²) >= 11 is 0. The first kappa shape index (κ1) is 14.4. The summed E-state index contributed by atoms with van der Waals surface area (Å²) in [6.45, 7) is 3.31. The summed E-state index contributed by atoms with van der Waals surface area (Å²) in [6, 6.07) is 8.38. The first-order valence-electron chi connectivity index (χ1n) is 7.96. The van der Waals surface area contributed by atoms with Gasteiger partial charge in [0, 0.05) is 24.2 Å². The average molecular weight is 288 g/mol. The van der Waals surface area contributed by atoms with E-state index in [0.717, 1.165) is 37.0 Å². The number of hydrogen-bond donors (Lipinski definition) is 1. The van der Waals surface area contributed by atoms with Gasteiger partial charge < -0.3 is 15.4 Å². The van der Waals surface area contributed by atoms with Gasteiger partial charge in [0.05, 0.1) is 12.5 Å². The molecule has 2 heterocycles. The summed E-state index contributed by atoms with van der Waals surface area (Å²) in [5.74, 6) is 1.01. The van der Waals surface area contributed by atoms with E-state index in [0.29, 0.717) is 13.2 Å². The molecule has 4 nitrogen and oxygen atoms in total. The summed E-state index contributed by atoms with van der Waals surface area (Å²) in [7, 11) is 0. The Kier molecular flexibility index (Phi) is 4.15. The summed E-state index contributed by atoms with van der Waals surface area (Å²) in [6.07, 6.45) is 4.03. The fourth-order valence-electron chi connectivity index (χ4n) is 3.69. The van der Waals surface area contributed by atoms with Gasteiger partial charge in [0.25, 0.3) is 0 Å². The Bertz CT molecular complexity index is 517. The van der Waals surface area contributed by atoms with Crippen LogP contribution in [0.15, 0.2) is 24.3 Å². The van der Waals surface area contributed by atoms with Crippen LogP contribution in [0.25, 0.3) is 0 Å². The lowest BCUT2D eigenvalue weighted by atomic mass is 9.88. The monoisotopic (exact) mass is 288 g/mol. The van der Waals surface area contributed by atoms with Crippen LogP contribution < -0.4 is 10.5 Å². The van der Waals surface area contributed by atoms with Gasteiger partial charge in [-0.1, -0.05) is 18.2 Å². The minimum absolute atomic E-state index is 0.0791. The van der Waals surface area contributed by atoms with E-state index < -0.39 is 0 Å². The normalized spacial score (nSPS) is 28.7. The van der Waals surface area contributed by atoms with Crippen molar-refractivity contribution in [1.82, 2.24) is 4.90 Å².